The van der Waals surface area contributed by atoms with Crippen LogP contribution in [0.25, 0.3) is 10.9 Å². The predicted molar refractivity (Wildman–Crippen MR) is 93.1 cm³/mol. The van der Waals surface area contributed by atoms with Crippen LogP contribution >= 0.6 is 0 Å². The molecule has 1 aromatic heterocycles. The third kappa shape index (κ3) is 3.11. The molecule has 0 spiro atoms. The second-order valence-electron chi connectivity index (χ2n) is 6.71. The summed E-state index contributed by atoms with van der Waals surface area (Å²) in [6.45, 7) is 6.48. The molecule has 3 rings (SSSR count). The lowest BCUT2D eigenvalue weighted by atomic mass is 10.1. The molecule has 1 fully saturated rings. The van der Waals surface area contributed by atoms with Crippen molar-refractivity contribution in [3.05, 3.63) is 36.0 Å². The van der Waals surface area contributed by atoms with Crippen LogP contribution in [0.4, 0.5) is 5.69 Å². The monoisotopic (exact) mass is 326 g/mol. The number of esters is 1. The first-order chi connectivity index (χ1) is 11.4. The normalized spacial score (nSPS) is 15.1. The summed E-state index contributed by atoms with van der Waals surface area (Å²) in [4.78, 5) is 30.7. The summed E-state index contributed by atoms with van der Waals surface area (Å²) in [5.74, 6) is -0.242. The van der Waals surface area contributed by atoms with Crippen molar-refractivity contribution in [2.75, 3.05) is 11.4 Å². The summed E-state index contributed by atoms with van der Waals surface area (Å²) in [6.07, 6.45) is 3.78. The van der Waals surface area contributed by atoms with E-state index >= 15 is 0 Å². The Morgan fingerprint density at radius 1 is 1.33 bits per heavy atom. The van der Waals surface area contributed by atoms with Crippen LogP contribution in [0.5, 0.6) is 0 Å². The van der Waals surface area contributed by atoms with Crippen LogP contribution in [0.15, 0.2) is 30.5 Å². The molecule has 1 aliphatic heterocycles. The third-order valence-electron chi connectivity index (χ3n) is 4.55. The molecule has 0 aliphatic carbocycles. The SMILES string of the molecule is CCC(C)(C)OC(=O)c1ccnc2ccc(N3CCCC3=O)cc12. The molecular formula is C19H22N2O3. The number of benzene rings is 1. The average molecular weight is 326 g/mol. The number of rotatable bonds is 4. The summed E-state index contributed by atoms with van der Waals surface area (Å²) in [6, 6.07) is 7.26. The summed E-state index contributed by atoms with van der Waals surface area (Å²) < 4.78 is 5.62. The van der Waals surface area contributed by atoms with Gasteiger partial charge in [-0.3, -0.25) is 9.78 Å². The summed E-state index contributed by atoms with van der Waals surface area (Å²) in [5, 5.41) is 0.714. The number of anilines is 1. The molecule has 0 radical (unpaired) electrons. The van der Waals surface area contributed by atoms with Crippen molar-refractivity contribution in [3.8, 4) is 0 Å². The molecule has 5 heteroatoms. The smallest absolute Gasteiger partial charge is 0.339 e. The Balaban J connectivity index is 2.02. The first-order valence-electron chi connectivity index (χ1n) is 8.34. The second-order valence-corrected chi connectivity index (χ2v) is 6.71. The third-order valence-corrected chi connectivity index (χ3v) is 4.55. The van der Waals surface area contributed by atoms with Gasteiger partial charge in [-0.25, -0.2) is 4.79 Å². The molecule has 0 bridgehead atoms. The largest absolute Gasteiger partial charge is 0.456 e. The molecule has 2 aromatic rings. The van der Waals surface area contributed by atoms with Gasteiger partial charge in [0.05, 0.1) is 11.1 Å². The van der Waals surface area contributed by atoms with Crippen molar-refractivity contribution in [1.29, 1.82) is 0 Å². The van der Waals surface area contributed by atoms with Crippen molar-refractivity contribution in [3.63, 3.8) is 0 Å². The number of hydrogen-bond donors (Lipinski definition) is 0. The lowest BCUT2D eigenvalue weighted by molar-refractivity contribution is -0.117. The minimum absolute atomic E-state index is 0.120. The number of nitrogens with zero attached hydrogens (tertiary/aromatic N) is 2. The Kier molecular flexibility index (Phi) is 4.26. The predicted octanol–water partition coefficient (Wildman–Crippen LogP) is 3.71. The van der Waals surface area contributed by atoms with Crippen molar-refractivity contribution in [1.82, 2.24) is 4.98 Å². The molecule has 0 unspecified atom stereocenters. The lowest BCUT2D eigenvalue weighted by Gasteiger charge is -2.23. The fourth-order valence-corrected chi connectivity index (χ4v) is 2.78. The number of amides is 1. The van der Waals surface area contributed by atoms with E-state index in [4.69, 9.17) is 4.74 Å². The highest BCUT2D eigenvalue weighted by atomic mass is 16.6. The van der Waals surface area contributed by atoms with E-state index in [2.05, 4.69) is 4.98 Å². The van der Waals surface area contributed by atoms with Crippen LogP contribution in [0.3, 0.4) is 0 Å². The average Bonchev–Trinajstić information content (AvgIpc) is 2.99. The van der Waals surface area contributed by atoms with E-state index in [-0.39, 0.29) is 11.9 Å². The molecule has 0 saturated carbocycles. The van der Waals surface area contributed by atoms with Crippen molar-refractivity contribution >= 4 is 28.5 Å². The van der Waals surface area contributed by atoms with Gasteiger partial charge in [0.15, 0.2) is 0 Å². The number of carbonyl (C=O) groups is 2. The van der Waals surface area contributed by atoms with E-state index < -0.39 is 5.60 Å². The number of hydrogen-bond acceptors (Lipinski definition) is 4. The van der Waals surface area contributed by atoms with Crippen LogP contribution in [-0.4, -0.2) is 29.0 Å². The maximum atomic E-state index is 12.6. The minimum Gasteiger partial charge on any atom is -0.456 e. The molecule has 1 amide bonds. The van der Waals surface area contributed by atoms with Crippen molar-refractivity contribution in [2.45, 2.75) is 45.6 Å². The number of carbonyl (C=O) groups excluding carboxylic acids is 2. The molecule has 1 saturated heterocycles. The number of fused-ring (bicyclic) bond motifs is 1. The summed E-state index contributed by atoms with van der Waals surface area (Å²) >= 11 is 0. The summed E-state index contributed by atoms with van der Waals surface area (Å²) in [7, 11) is 0. The van der Waals surface area contributed by atoms with Gasteiger partial charge in [-0.05, 0) is 51.0 Å². The first-order valence-corrected chi connectivity index (χ1v) is 8.34. The molecule has 24 heavy (non-hydrogen) atoms. The minimum atomic E-state index is -0.519. The molecule has 1 aliphatic rings. The highest BCUT2D eigenvalue weighted by Crippen LogP contribution is 2.28. The molecule has 1 aromatic carbocycles. The van der Waals surface area contributed by atoms with Gasteiger partial charge in [-0.2, -0.15) is 0 Å². The highest BCUT2D eigenvalue weighted by molar-refractivity contribution is 6.05. The van der Waals surface area contributed by atoms with E-state index in [0.717, 1.165) is 18.5 Å². The van der Waals surface area contributed by atoms with Gasteiger partial charge in [-0.1, -0.05) is 6.92 Å². The van der Waals surface area contributed by atoms with Gasteiger partial charge in [0.1, 0.15) is 5.60 Å². The van der Waals surface area contributed by atoms with Crippen molar-refractivity contribution in [2.24, 2.45) is 0 Å². The highest BCUT2D eigenvalue weighted by Gasteiger charge is 2.25. The molecular weight excluding hydrogens is 304 g/mol. The Hall–Kier alpha value is -2.43. The molecule has 0 N–H and O–H groups in total. The molecule has 0 atom stereocenters. The number of ether oxygens (including phenoxy) is 1. The van der Waals surface area contributed by atoms with Crippen LogP contribution < -0.4 is 4.90 Å². The Bertz CT molecular complexity index is 798. The van der Waals surface area contributed by atoms with Gasteiger partial charge in [0.2, 0.25) is 5.91 Å². The van der Waals surface area contributed by atoms with Gasteiger partial charge in [0, 0.05) is 30.2 Å². The second kappa shape index (κ2) is 6.23. The van der Waals surface area contributed by atoms with E-state index in [1.54, 1.807) is 17.2 Å². The Labute approximate surface area is 141 Å². The van der Waals surface area contributed by atoms with Crippen LogP contribution in [0, 0.1) is 0 Å². The first kappa shape index (κ1) is 16.4. The van der Waals surface area contributed by atoms with Crippen molar-refractivity contribution < 1.29 is 14.3 Å². The van der Waals surface area contributed by atoms with Crippen LogP contribution in [0.1, 0.15) is 50.4 Å². The number of aromatic nitrogens is 1. The van der Waals surface area contributed by atoms with E-state index in [9.17, 15) is 9.59 Å². The van der Waals surface area contributed by atoms with Crippen LogP contribution in [-0.2, 0) is 9.53 Å². The molecule has 2 heterocycles. The van der Waals surface area contributed by atoms with Gasteiger partial charge in [-0.15, -0.1) is 0 Å². The molecule has 5 nitrogen and oxygen atoms in total. The zero-order valence-electron chi connectivity index (χ0n) is 14.3. The maximum absolute atomic E-state index is 12.6. The number of pyridine rings is 1. The Morgan fingerprint density at radius 2 is 2.12 bits per heavy atom. The zero-order valence-corrected chi connectivity index (χ0v) is 14.3. The maximum Gasteiger partial charge on any atom is 0.339 e. The van der Waals surface area contributed by atoms with Crippen LogP contribution in [0.2, 0.25) is 0 Å². The van der Waals surface area contributed by atoms with Gasteiger partial charge in [0.25, 0.3) is 0 Å². The van der Waals surface area contributed by atoms with E-state index in [0.29, 0.717) is 29.4 Å². The fraction of sp³-hybridized carbons (Fsp3) is 0.421. The quantitative estimate of drug-likeness (QED) is 0.804. The lowest BCUT2D eigenvalue weighted by Crippen LogP contribution is -2.27. The Morgan fingerprint density at radius 3 is 2.79 bits per heavy atom. The molecule has 126 valence electrons. The summed E-state index contributed by atoms with van der Waals surface area (Å²) in [5.41, 5.74) is 1.49. The standard InChI is InChI=1S/C19H22N2O3/c1-4-19(2,3)24-18(23)14-9-10-20-16-8-7-13(12-15(14)16)21-11-5-6-17(21)22/h7-10,12H,4-6,11H2,1-3H3. The van der Waals surface area contributed by atoms with E-state index in [1.807, 2.05) is 39.0 Å². The zero-order chi connectivity index (χ0) is 17.3. The van der Waals surface area contributed by atoms with Gasteiger partial charge >= 0.3 is 5.97 Å². The topological polar surface area (TPSA) is 59.5 Å². The van der Waals surface area contributed by atoms with E-state index in [1.165, 1.54) is 0 Å². The van der Waals surface area contributed by atoms with Gasteiger partial charge < -0.3 is 9.64 Å². The fourth-order valence-electron chi connectivity index (χ4n) is 2.78.